The van der Waals surface area contributed by atoms with Crippen LogP contribution in [-0.4, -0.2) is 48.4 Å². The largest absolute Gasteiger partial charge is 0.497 e. The Balaban J connectivity index is 1.30. The molecule has 1 fully saturated rings. The Bertz CT molecular complexity index is 1060. The van der Waals surface area contributed by atoms with Gasteiger partial charge < -0.3 is 25.6 Å². The minimum Gasteiger partial charge on any atom is -0.497 e. The van der Waals surface area contributed by atoms with E-state index in [1.165, 1.54) is 0 Å². The fraction of sp³-hybridized carbons (Fsp3) is 0.375. The Labute approximate surface area is 194 Å². The number of nitrogens with zero attached hydrogens (tertiary/aromatic N) is 3. The van der Waals surface area contributed by atoms with Gasteiger partial charge in [0.1, 0.15) is 11.6 Å². The van der Waals surface area contributed by atoms with Crippen molar-refractivity contribution in [1.82, 2.24) is 15.3 Å². The van der Waals surface area contributed by atoms with Gasteiger partial charge in [0.15, 0.2) is 5.11 Å². The van der Waals surface area contributed by atoms with E-state index in [-0.39, 0.29) is 0 Å². The number of ether oxygens (including phenoxy) is 1. The van der Waals surface area contributed by atoms with Gasteiger partial charge in [-0.25, -0.2) is 4.98 Å². The Morgan fingerprint density at radius 2 is 1.66 bits per heavy atom. The molecular formula is C24H30N6OS. The van der Waals surface area contributed by atoms with E-state index in [9.17, 15) is 0 Å². The summed E-state index contributed by atoms with van der Waals surface area (Å²) in [4.78, 5) is 11.5. The quantitative estimate of drug-likeness (QED) is 0.477. The predicted molar refractivity (Wildman–Crippen MR) is 136 cm³/mol. The molecule has 3 N–H and O–H groups in total. The Kier molecular flexibility index (Phi) is 6.90. The molecule has 168 valence electrons. The van der Waals surface area contributed by atoms with Crippen LogP contribution in [0.4, 0.5) is 17.5 Å². The molecule has 0 spiro atoms. The van der Waals surface area contributed by atoms with E-state index in [0.717, 1.165) is 53.8 Å². The first-order valence-electron chi connectivity index (χ1n) is 10.9. The molecule has 4 rings (SSSR count). The van der Waals surface area contributed by atoms with Gasteiger partial charge in [-0.3, -0.25) is 0 Å². The Hall–Kier alpha value is -3.13. The van der Waals surface area contributed by atoms with Crippen molar-refractivity contribution in [2.45, 2.75) is 37.8 Å². The van der Waals surface area contributed by atoms with E-state index < -0.39 is 0 Å². The number of thiocarbonyl (C=S) groups is 1. The average molecular weight is 451 g/mol. The maximum absolute atomic E-state index is 5.50. The van der Waals surface area contributed by atoms with Crippen LogP contribution < -0.4 is 25.6 Å². The molecule has 1 aliphatic rings. The molecule has 0 atom stereocenters. The molecule has 0 radical (unpaired) electrons. The molecule has 8 heteroatoms. The molecule has 7 nitrogen and oxygen atoms in total. The molecule has 32 heavy (non-hydrogen) atoms. The number of para-hydroxylation sites is 1. The standard InChI is InChI=1S/C24H30N6OS/c1-30(2)22-20-6-4-5-7-21(20)28-23(29-22)25-16-8-10-17(11-9-16)26-24(32)27-18-12-14-19(31-3)15-13-18/h4-7,12-17H,8-11H2,1-3H3,(H,25,28,29)(H2,26,27,32). The lowest BCUT2D eigenvalue weighted by Gasteiger charge is -2.30. The third kappa shape index (κ3) is 5.37. The zero-order chi connectivity index (χ0) is 22.5. The van der Waals surface area contributed by atoms with Crippen LogP contribution in [0.15, 0.2) is 48.5 Å². The number of anilines is 3. The number of hydrogen-bond donors (Lipinski definition) is 3. The van der Waals surface area contributed by atoms with Crippen LogP contribution in [-0.2, 0) is 0 Å². The van der Waals surface area contributed by atoms with Crippen molar-refractivity contribution in [3.63, 3.8) is 0 Å². The fourth-order valence-corrected chi connectivity index (χ4v) is 4.34. The monoisotopic (exact) mass is 450 g/mol. The predicted octanol–water partition coefficient (Wildman–Crippen LogP) is 4.41. The SMILES string of the molecule is COc1ccc(NC(=S)NC2CCC(Nc3nc(N(C)C)c4ccccc4n3)CC2)cc1. The van der Waals surface area contributed by atoms with Crippen LogP contribution in [0.25, 0.3) is 10.9 Å². The summed E-state index contributed by atoms with van der Waals surface area (Å²) in [6.45, 7) is 0. The molecular weight excluding hydrogens is 420 g/mol. The third-order valence-corrected chi connectivity index (χ3v) is 5.97. The Morgan fingerprint density at radius 3 is 2.34 bits per heavy atom. The second-order valence-electron chi connectivity index (χ2n) is 8.30. The van der Waals surface area contributed by atoms with E-state index in [4.69, 9.17) is 26.9 Å². The van der Waals surface area contributed by atoms with Crippen molar-refractivity contribution in [3.8, 4) is 5.75 Å². The average Bonchev–Trinajstić information content (AvgIpc) is 2.80. The zero-order valence-electron chi connectivity index (χ0n) is 18.8. The summed E-state index contributed by atoms with van der Waals surface area (Å²) >= 11 is 5.50. The first-order valence-corrected chi connectivity index (χ1v) is 11.3. The molecule has 3 aromatic rings. The highest BCUT2D eigenvalue weighted by molar-refractivity contribution is 7.80. The first kappa shape index (κ1) is 22.1. The molecule has 0 saturated heterocycles. The van der Waals surface area contributed by atoms with Gasteiger partial charge >= 0.3 is 0 Å². The maximum atomic E-state index is 5.50. The van der Waals surface area contributed by atoms with Gasteiger partial charge in [-0.2, -0.15) is 4.98 Å². The van der Waals surface area contributed by atoms with Crippen molar-refractivity contribution in [3.05, 3.63) is 48.5 Å². The number of nitrogens with one attached hydrogen (secondary N) is 3. The van der Waals surface area contributed by atoms with Crippen LogP contribution in [0.5, 0.6) is 5.75 Å². The number of rotatable bonds is 6. The smallest absolute Gasteiger partial charge is 0.225 e. The molecule has 2 aromatic carbocycles. The van der Waals surface area contributed by atoms with Crippen molar-refractivity contribution in [2.75, 3.05) is 36.7 Å². The third-order valence-electron chi connectivity index (χ3n) is 5.75. The number of hydrogen-bond acceptors (Lipinski definition) is 6. The molecule has 0 unspecified atom stereocenters. The minimum absolute atomic E-state index is 0.354. The van der Waals surface area contributed by atoms with Gasteiger partial charge in [0, 0.05) is 37.3 Å². The van der Waals surface area contributed by atoms with E-state index in [1.807, 2.05) is 61.5 Å². The summed E-state index contributed by atoms with van der Waals surface area (Å²) in [6.07, 6.45) is 4.15. The highest BCUT2D eigenvalue weighted by atomic mass is 32.1. The number of benzene rings is 2. The summed E-state index contributed by atoms with van der Waals surface area (Å²) < 4.78 is 5.19. The van der Waals surface area contributed by atoms with Crippen LogP contribution in [0.1, 0.15) is 25.7 Å². The van der Waals surface area contributed by atoms with Crippen molar-refractivity contribution < 1.29 is 4.74 Å². The van der Waals surface area contributed by atoms with Gasteiger partial charge in [-0.1, -0.05) is 12.1 Å². The van der Waals surface area contributed by atoms with E-state index in [0.29, 0.717) is 23.1 Å². The van der Waals surface area contributed by atoms with Gasteiger partial charge in [-0.05, 0) is 74.3 Å². The lowest BCUT2D eigenvalue weighted by Crippen LogP contribution is -2.42. The Morgan fingerprint density at radius 1 is 0.969 bits per heavy atom. The second kappa shape index (κ2) is 9.99. The lowest BCUT2D eigenvalue weighted by molar-refractivity contribution is 0.387. The van der Waals surface area contributed by atoms with Crippen LogP contribution in [0.2, 0.25) is 0 Å². The van der Waals surface area contributed by atoms with Crippen LogP contribution >= 0.6 is 12.2 Å². The van der Waals surface area contributed by atoms with Crippen molar-refractivity contribution in [2.24, 2.45) is 0 Å². The number of methoxy groups -OCH3 is 1. The van der Waals surface area contributed by atoms with Gasteiger partial charge in [0.2, 0.25) is 5.95 Å². The normalized spacial score (nSPS) is 18.1. The minimum atomic E-state index is 0.354. The molecule has 0 aliphatic heterocycles. The van der Waals surface area contributed by atoms with Gasteiger partial charge in [0.05, 0.1) is 12.6 Å². The van der Waals surface area contributed by atoms with E-state index in [1.54, 1.807) is 7.11 Å². The summed E-state index contributed by atoms with van der Waals surface area (Å²) in [7, 11) is 5.68. The summed E-state index contributed by atoms with van der Waals surface area (Å²) in [5, 5.41) is 12.0. The van der Waals surface area contributed by atoms with Crippen LogP contribution in [0.3, 0.4) is 0 Å². The summed E-state index contributed by atoms with van der Waals surface area (Å²) in [5.41, 5.74) is 1.91. The van der Waals surface area contributed by atoms with Crippen LogP contribution in [0, 0.1) is 0 Å². The van der Waals surface area contributed by atoms with Crippen molar-refractivity contribution >= 4 is 45.7 Å². The summed E-state index contributed by atoms with van der Waals surface area (Å²) in [5.74, 6) is 2.46. The van der Waals surface area contributed by atoms with Gasteiger partial charge in [0.25, 0.3) is 0 Å². The second-order valence-corrected chi connectivity index (χ2v) is 8.71. The number of aromatic nitrogens is 2. The lowest BCUT2D eigenvalue weighted by atomic mass is 9.91. The highest BCUT2D eigenvalue weighted by Crippen LogP contribution is 2.26. The molecule has 1 aromatic heterocycles. The zero-order valence-corrected chi connectivity index (χ0v) is 19.6. The topological polar surface area (TPSA) is 74.3 Å². The molecule has 0 amide bonds. The fourth-order valence-electron chi connectivity index (χ4n) is 4.06. The summed E-state index contributed by atoms with van der Waals surface area (Å²) in [6, 6.07) is 16.6. The highest BCUT2D eigenvalue weighted by Gasteiger charge is 2.22. The molecule has 0 bridgehead atoms. The number of fused-ring (bicyclic) bond motifs is 1. The first-order chi connectivity index (χ1) is 15.5. The van der Waals surface area contributed by atoms with E-state index >= 15 is 0 Å². The molecule has 1 saturated carbocycles. The van der Waals surface area contributed by atoms with Crippen molar-refractivity contribution in [1.29, 1.82) is 0 Å². The van der Waals surface area contributed by atoms with Gasteiger partial charge in [-0.15, -0.1) is 0 Å². The molecule has 1 aliphatic carbocycles. The maximum Gasteiger partial charge on any atom is 0.225 e. The molecule has 1 heterocycles. The van der Waals surface area contributed by atoms with E-state index in [2.05, 4.69) is 22.0 Å².